The first-order valence-corrected chi connectivity index (χ1v) is 10.3. The van der Waals surface area contributed by atoms with Crippen LogP contribution in [0.5, 0.6) is 11.5 Å². The molecule has 4 aromatic rings. The third-order valence-corrected chi connectivity index (χ3v) is 6.09. The molecular weight excluding hydrogens is 443 g/mol. The van der Waals surface area contributed by atoms with E-state index in [-0.39, 0.29) is 32.0 Å². The average Bonchev–Trinajstić information content (AvgIpc) is 3.14. The van der Waals surface area contributed by atoms with Crippen molar-refractivity contribution in [2.45, 2.75) is 6.18 Å². The Bertz CT molecular complexity index is 1350. The minimum Gasteiger partial charge on any atom is -0.486 e. The number of anilines is 1. The molecule has 0 bridgehead atoms. The lowest BCUT2D eigenvalue weighted by atomic mass is 10.0. The van der Waals surface area contributed by atoms with E-state index < -0.39 is 17.5 Å². The maximum atomic E-state index is 13.9. The molecule has 6 nitrogen and oxygen atoms in total. The summed E-state index contributed by atoms with van der Waals surface area (Å²) in [7, 11) is 0. The smallest absolute Gasteiger partial charge is 0.417 e. The van der Waals surface area contributed by atoms with Crippen LogP contribution in [0.4, 0.5) is 18.9 Å². The van der Waals surface area contributed by atoms with Gasteiger partial charge in [0.2, 0.25) is 5.78 Å². The van der Waals surface area contributed by atoms with Gasteiger partial charge in [0.1, 0.15) is 22.9 Å². The van der Waals surface area contributed by atoms with Gasteiger partial charge in [0.25, 0.3) is 0 Å². The summed E-state index contributed by atoms with van der Waals surface area (Å²) in [5, 5.41) is -0.277. The summed E-state index contributed by atoms with van der Waals surface area (Å²) in [6, 6.07) is 8.69. The molecule has 0 amide bonds. The molecule has 0 aliphatic carbocycles. The van der Waals surface area contributed by atoms with Crippen LogP contribution in [0, 0.1) is 0 Å². The fourth-order valence-electron chi connectivity index (χ4n) is 3.50. The van der Waals surface area contributed by atoms with E-state index in [1.807, 2.05) is 0 Å². The van der Waals surface area contributed by atoms with E-state index in [4.69, 9.17) is 15.2 Å². The lowest BCUT2D eigenvalue weighted by molar-refractivity contribution is -0.136. The first-order chi connectivity index (χ1) is 15.3. The number of nitrogen functional groups attached to an aromatic ring is 1. The highest BCUT2D eigenvalue weighted by atomic mass is 32.1. The molecule has 1 aliphatic rings. The molecule has 2 N–H and O–H groups in total. The zero-order valence-corrected chi connectivity index (χ0v) is 17.1. The van der Waals surface area contributed by atoms with Crippen molar-refractivity contribution in [3.05, 3.63) is 64.8 Å². The van der Waals surface area contributed by atoms with Crippen molar-refractivity contribution in [3.8, 4) is 22.8 Å². The minimum atomic E-state index is -4.69. The molecule has 0 radical (unpaired) electrons. The number of aromatic nitrogens is 2. The summed E-state index contributed by atoms with van der Waals surface area (Å²) in [6.07, 6.45) is -1.75. The molecular formula is C22H14F3N3O3S. The normalized spacial score (nSPS) is 13.3. The van der Waals surface area contributed by atoms with Gasteiger partial charge in [0.15, 0.2) is 11.5 Å². The van der Waals surface area contributed by atoms with Crippen LogP contribution in [-0.2, 0) is 6.18 Å². The van der Waals surface area contributed by atoms with E-state index in [2.05, 4.69) is 9.97 Å². The van der Waals surface area contributed by atoms with Crippen molar-refractivity contribution in [2.75, 3.05) is 18.9 Å². The lowest BCUT2D eigenvalue weighted by Gasteiger charge is -2.18. The number of rotatable bonds is 3. The third-order valence-electron chi connectivity index (χ3n) is 4.99. The number of nitrogens with two attached hydrogens (primary N) is 1. The fraction of sp³-hybridized carbons (Fsp3) is 0.136. The Labute approximate surface area is 183 Å². The number of ketones is 1. The van der Waals surface area contributed by atoms with E-state index in [9.17, 15) is 18.0 Å². The number of halogens is 3. The molecule has 1 aromatic carbocycles. The number of thiophene rings is 1. The van der Waals surface area contributed by atoms with Crippen LogP contribution in [-0.4, -0.2) is 29.0 Å². The fourth-order valence-corrected chi connectivity index (χ4v) is 4.58. The molecule has 0 saturated carbocycles. The zero-order chi connectivity index (χ0) is 22.5. The SMILES string of the molecule is Nc1c(C(=O)c2ccc3c(c2)OCCO3)sc2nc(-c3ccncc3)cc(C(F)(F)F)c12. The number of nitrogens with zero attached hydrogens (tertiary/aromatic N) is 2. The van der Waals surface area contributed by atoms with Gasteiger partial charge in [-0.2, -0.15) is 13.2 Å². The van der Waals surface area contributed by atoms with E-state index in [0.29, 0.717) is 30.3 Å². The highest BCUT2D eigenvalue weighted by Crippen LogP contribution is 2.44. The van der Waals surface area contributed by atoms with E-state index in [1.165, 1.54) is 24.5 Å². The predicted octanol–water partition coefficient (Wildman–Crippen LogP) is 4.96. The molecule has 5 rings (SSSR count). The largest absolute Gasteiger partial charge is 0.486 e. The molecule has 162 valence electrons. The Balaban J connectivity index is 1.66. The second kappa shape index (κ2) is 7.49. The summed E-state index contributed by atoms with van der Waals surface area (Å²) >= 11 is 0.830. The number of fused-ring (bicyclic) bond motifs is 2. The summed E-state index contributed by atoms with van der Waals surface area (Å²) in [4.78, 5) is 21.4. The number of pyridine rings is 2. The first kappa shape index (κ1) is 20.3. The van der Waals surface area contributed by atoms with E-state index in [0.717, 1.165) is 17.4 Å². The Morgan fingerprint density at radius 3 is 2.47 bits per heavy atom. The second-order valence-corrected chi connectivity index (χ2v) is 8.00. The summed E-state index contributed by atoms with van der Waals surface area (Å²) < 4.78 is 52.7. The predicted molar refractivity (Wildman–Crippen MR) is 113 cm³/mol. The number of hydrogen-bond acceptors (Lipinski definition) is 7. The Morgan fingerprint density at radius 2 is 1.75 bits per heavy atom. The number of benzene rings is 1. The average molecular weight is 457 g/mol. The lowest BCUT2D eigenvalue weighted by Crippen LogP contribution is -2.16. The van der Waals surface area contributed by atoms with Crippen molar-refractivity contribution in [1.29, 1.82) is 0 Å². The van der Waals surface area contributed by atoms with Crippen LogP contribution in [0.1, 0.15) is 20.8 Å². The zero-order valence-electron chi connectivity index (χ0n) is 16.3. The van der Waals surface area contributed by atoms with E-state index >= 15 is 0 Å². The number of carbonyl (C=O) groups excluding carboxylic acids is 1. The maximum absolute atomic E-state index is 13.9. The van der Waals surface area contributed by atoms with Gasteiger partial charge < -0.3 is 15.2 Å². The number of carbonyl (C=O) groups is 1. The first-order valence-electron chi connectivity index (χ1n) is 9.48. The van der Waals surface area contributed by atoms with Crippen LogP contribution in [0.3, 0.4) is 0 Å². The third kappa shape index (κ3) is 3.42. The maximum Gasteiger partial charge on any atom is 0.417 e. The van der Waals surface area contributed by atoms with Crippen molar-refractivity contribution < 1.29 is 27.4 Å². The van der Waals surface area contributed by atoms with Gasteiger partial charge in [-0.05, 0) is 36.4 Å². The van der Waals surface area contributed by atoms with Crippen LogP contribution in [0.15, 0.2) is 48.8 Å². The van der Waals surface area contributed by atoms with E-state index in [1.54, 1.807) is 18.2 Å². The molecule has 10 heteroatoms. The van der Waals surface area contributed by atoms with Gasteiger partial charge in [0, 0.05) is 28.9 Å². The summed E-state index contributed by atoms with van der Waals surface area (Å²) in [6.45, 7) is 0.738. The van der Waals surface area contributed by atoms with Crippen molar-refractivity contribution in [2.24, 2.45) is 0 Å². The quantitative estimate of drug-likeness (QED) is 0.438. The Morgan fingerprint density at radius 1 is 1.03 bits per heavy atom. The standard InChI is InChI=1S/C22H14F3N3O3S/c23-22(24,25)13-10-14(11-3-5-27-6-4-11)28-21-17(13)18(26)20(32-21)19(29)12-1-2-15-16(9-12)31-8-7-30-15/h1-6,9-10H,7-8,26H2. The molecule has 4 heterocycles. The molecule has 0 unspecified atom stereocenters. The molecule has 0 saturated heterocycles. The van der Waals surface area contributed by atoms with Crippen LogP contribution in [0.2, 0.25) is 0 Å². The monoisotopic (exact) mass is 457 g/mol. The van der Waals surface area contributed by atoms with Crippen molar-refractivity contribution in [1.82, 2.24) is 9.97 Å². The topological polar surface area (TPSA) is 87.3 Å². The van der Waals surface area contributed by atoms with Gasteiger partial charge in [0.05, 0.1) is 16.9 Å². The minimum absolute atomic E-state index is 0.0124. The van der Waals surface area contributed by atoms with Crippen LogP contribution >= 0.6 is 11.3 Å². The Hall–Kier alpha value is -3.66. The highest BCUT2D eigenvalue weighted by Gasteiger charge is 2.36. The molecule has 0 fully saturated rings. The summed E-state index contributed by atoms with van der Waals surface area (Å²) in [5.74, 6) is 0.386. The number of ether oxygens (including phenoxy) is 2. The van der Waals surface area contributed by atoms with Crippen LogP contribution in [0.25, 0.3) is 21.5 Å². The molecule has 0 spiro atoms. The van der Waals surface area contributed by atoms with Crippen LogP contribution < -0.4 is 15.2 Å². The number of hydrogen-bond donors (Lipinski definition) is 1. The second-order valence-electron chi connectivity index (χ2n) is 7.00. The van der Waals surface area contributed by atoms with Gasteiger partial charge in [-0.1, -0.05) is 0 Å². The van der Waals surface area contributed by atoms with Crippen molar-refractivity contribution in [3.63, 3.8) is 0 Å². The molecule has 0 atom stereocenters. The van der Waals surface area contributed by atoms with Gasteiger partial charge in [-0.3, -0.25) is 9.78 Å². The van der Waals surface area contributed by atoms with Crippen molar-refractivity contribution >= 4 is 33.0 Å². The summed E-state index contributed by atoms with van der Waals surface area (Å²) in [5.41, 5.74) is 5.72. The molecule has 1 aliphatic heterocycles. The van der Waals surface area contributed by atoms with Gasteiger partial charge in [-0.25, -0.2) is 4.98 Å². The van der Waals surface area contributed by atoms with Gasteiger partial charge >= 0.3 is 6.18 Å². The number of alkyl halides is 3. The molecule has 3 aromatic heterocycles. The van der Waals surface area contributed by atoms with Gasteiger partial charge in [-0.15, -0.1) is 11.3 Å². The Kier molecular flexibility index (Phi) is 4.74. The highest BCUT2D eigenvalue weighted by molar-refractivity contribution is 7.21. The molecule has 32 heavy (non-hydrogen) atoms.